The summed E-state index contributed by atoms with van der Waals surface area (Å²) in [6.45, 7) is 0. The van der Waals surface area contributed by atoms with E-state index in [0.717, 1.165) is 0 Å². The molecule has 1 atom stereocenters. The summed E-state index contributed by atoms with van der Waals surface area (Å²) >= 11 is 0.715. The predicted molar refractivity (Wildman–Crippen MR) is 43.1 cm³/mol. The van der Waals surface area contributed by atoms with Crippen molar-refractivity contribution in [3.05, 3.63) is 28.5 Å². The summed E-state index contributed by atoms with van der Waals surface area (Å²) in [5, 5.41) is 0. The molecule has 0 aromatic heterocycles. The minimum atomic E-state index is -2.14. The Bertz CT molecular complexity index is 303. The molecule has 1 aromatic rings. The van der Waals surface area contributed by atoms with E-state index in [4.69, 9.17) is 4.55 Å². The Hall–Kier alpha value is -0.260. The second-order valence-corrected chi connectivity index (χ2v) is 3.53. The first kappa shape index (κ1) is 8.83. The lowest BCUT2D eigenvalue weighted by atomic mass is 10.3. The Balaban J connectivity index is 3.27. The van der Waals surface area contributed by atoms with Gasteiger partial charge in [-0.05, 0) is 28.1 Å². The van der Waals surface area contributed by atoms with Crippen molar-refractivity contribution in [1.82, 2.24) is 0 Å². The van der Waals surface area contributed by atoms with Crippen LogP contribution in [0.3, 0.4) is 0 Å². The van der Waals surface area contributed by atoms with Crippen LogP contribution >= 0.6 is 15.9 Å². The average molecular weight is 239 g/mol. The molecule has 0 aliphatic heterocycles. The van der Waals surface area contributed by atoms with E-state index in [-0.39, 0.29) is 9.37 Å². The topological polar surface area (TPSA) is 37.3 Å². The molecule has 0 saturated heterocycles. The monoisotopic (exact) mass is 238 g/mol. The van der Waals surface area contributed by atoms with Crippen LogP contribution in [0.15, 0.2) is 27.6 Å². The molecule has 1 aromatic carbocycles. The van der Waals surface area contributed by atoms with Crippen LogP contribution in [0.25, 0.3) is 0 Å². The maximum Gasteiger partial charge on any atom is 0.187 e. The lowest BCUT2D eigenvalue weighted by molar-refractivity contribution is 0.560. The molecule has 5 heteroatoms. The van der Waals surface area contributed by atoms with E-state index < -0.39 is 16.9 Å². The van der Waals surface area contributed by atoms with Gasteiger partial charge in [0.25, 0.3) is 0 Å². The zero-order chi connectivity index (χ0) is 8.43. The third kappa shape index (κ3) is 1.85. The normalized spacial score (nSPS) is 13.0. The zero-order valence-electron chi connectivity index (χ0n) is 5.25. The van der Waals surface area contributed by atoms with Crippen molar-refractivity contribution in [3.8, 4) is 0 Å². The molecule has 0 fully saturated rings. The van der Waals surface area contributed by atoms with E-state index in [9.17, 15) is 8.60 Å². The fraction of sp³-hybridized carbons (Fsp3) is 0. The molecule has 0 aliphatic rings. The molecule has 0 saturated carbocycles. The highest BCUT2D eigenvalue weighted by Crippen LogP contribution is 2.22. The molecule has 0 aliphatic carbocycles. The van der Waals surface area contributed by atoms with Gasteiger partial charge in [-0.2, -0.15) is 0 Å². The summed E-state index contributed by atoms with van der Waals surface area (Å²) in [5.41, 5.74) is 0. The largest absolute Gasteiger partial charge is 0.302 e. The van der Waals surface area contributed by atoms with Crippen LogP contribution in [-0.2, 0) is 11.1 Å². The summed E-state index contributed by atoms with van der Waals surface area (Å²) < 4.78 is 31.8. The first-order chi connectivity index (χ1) is 5.13. The van der Waals surface area contributed by atoms with E-state index in [1.165, 1.54) is 18.2 Å². The summed E-state index contributed by atoms with van der Waals surface area (Å²) in [4.78, 5) is 0.0463. The van der Waals surface area contributed by atoms with Gasteiger partial charge < -0.3 is 4.55 Å². The van der Waals surface area contributed by atoms with E-state index in [0.29, 0.717) is 0 Å². The fourth-order valence-electron chi connectivity index (χ4n) is 0.619. The molecule has 1 N–H and O–H groups in total. The van der Waals surface area contributed by atoms with E-state index in [2.05, 4.69) is 15.9 Å². The van der Waals surface area contributed by atoms with Crippen molar-refractivity contribution >= 4 is 27.0 Å². The average Bonchev–Trinajstić information content (AvgIpc) is 1.94. The van der Waals surface area contributed by atoms with Gasteiger partial charge in [-0.1, -0.05) is 6.07 Å². The van der Waals surface area contributed by atoms with Gasteiger partial charge in [-0.15, -0.1) is 0 Å². The lowest BCUT2D eigenvalue weighted by Crippen LogP contribution is -1.91. The summed E-state index contributed by atoms with van der Waals surface area (Å²) in [5.74, 6) is -0.537. The lowest BCUT2D eigenvalue weighted by Gasteiger charge is -1.98. The molecule has 0 heterocycles. The van der Waals surface area contributed by atoms with Crippen LogP contribution in [0.2, 0.25) is 0 Å². The van der Waals surface area contributed by atoms with Gasteiger partial charge in [0, 0.05) is 0 Å². The number of hydrogen-bond acceptors (Lipinski definition) is 1. The quantitative estimate of drug-likeness (QED) is 0.762. The highest BCUT2D eigenvalue weighted by molar-refractivity contribution is 9.10. The van der Waals surface area contributed by atoms with E-state index in [1.807, 2.05) is 0 Å². The molecule has 11 heavy (non-hydrogen) atoms. The standard InChI is InChI=1S/C6H4BrFO2S/c7-6-4(8)2-1-3-5(6)11(9)10/h1-3H,(H,9,10). The second-order valence-electron chi connectivity index (χ2n) is 1.80. The minimum Gasteiger partial charge on any atom is -0.302 e. The molecule has 0 amide bonds. The van der Waals surface area contributed by atoms with Crippen LogP contribution in [-0.4, -0.2) is 8.76 Å². The van der Waals surface area contributed by atoms with E-state index >= 15 is 0 Å². The van der Waals surface area contributed by atoms with Gasteiger partial charge in [-0.25, -0.2) is 8.60 Å². The van der Waals surface area contributed by atoms with Crippen molar-refractivity contribution in [3.63, 3.8) is 0 Å². The Morgan fingerprint density at radius 1 is 1.55 bits per heavy atom. The van der Waals surface area contributed by atoms with Crippen LogP contribution in [0.4, 0.5) is 4.39 Å². The number of rotatable bonds is 1. The van der Waals surface area contributed by atoms with Crippen molar-refractivity contribution in [2.45, 2.75) is 4.90 Å². The molecule has 2 nitrogen and oxygen atoms in total. The van der Waals surface area contributed by atoms with Crippen LogP contribution in [0.1, 0.15) is 0 Å². The second kappa shape index (κ2) is 3.42. The number of hydrogen-bond donors (Lipinski definition) is 1. The Labute approximate surface area is 73.8 Å². The highest BCUT2D eigenvalue weighted by atomic mass is 79.9. The SMILES string of the molecule is O=S(O)c1cccc(F)c1Br. The summed E-state index contributed by atoms with van der Waals surface area (Å²) in [7, 11) is 0. The zero-order valence-corrected chi connectivity index (χ0v) is 7.65. The van der Waals surface area contributed by atoms with Gasteiger partial charge in [0.05, 0.1) is 9.37 Å². The molecule has 1 unspecified atom stereocenters. The first-order valence-corrected chi connectivity index (χ1v) is 4.58. The summed E-state index contributed by atoms with van der Waals surface area (Å²) in [6.07, 6.45) is 0. The smallest absolute Gasteiger partial charge is 0.187 e. The predicted octanol–water partition coefficient (Wildman–Crippen LogP) is 2.17. The third-order valence-electron chi connectivity index (χ3n) is 1.10. The molecule has 1 rings (SSSR count). The van der Waals surface area contributed by atoms with Crippen molar-refractivity contribution in [2.75, 3.05) is 0 Å². The molecule has 0 bridgehead atoms. The maximum atomic E-state index is 12.6. The third-order valence-corrected chi connectivity index (χ3v) is 2.89. The van der Waals surface area contributed by atoms with Crippen LogP contribution in [0.5, 0.6) is 0 Å². The van der Waals surface area contributed by atoms with Gasteiger partial charge in [0.2, 0.25) is 0 Å². The first-order valence-electron chi connectivity index (χ1n) is 2.68. The Kier molecular flexibility index (Phi) is 2.75. The van der Waals surface area contributed by atoms with Crippen molar-refractivity contribution < 1.29 is 13.2 Å². The number of benzene rings is 1. The van der Waals surface area contributed by atoms with Crippen molar-refractivity contribution in [2.24, 2.45) is 0 Å². The Morgan fingerprint density at radius 3 is 2.64 bits per heavy atom. The van der Waals surface area contributed by atoms with Crippen LogP contribution < -0.4 is 0 Å². The molecular weight excluding hydrogens is 235 g/mol. The van der Waals surface area contributed by atoms with Crippen LogP contribution in [0, 0.1) is 5.82 Å². The van der Waals surface area contributed by atoms with Gasteiger partial charge in [0.15, 0.2) is 11.1 Å². The Morgan fingerprint density at radius 2 is 2.18 bits per heavy atom. The minimum absolute atomic E-state index is 0.0424. The molecule has 0 radical (unpaired) electrons. The number of halogens is 2. The van der Waals surface area contributed by atoms with Gasteiger partial charge >= 0.3 is 0 Å². The van der Waals surface area contributed by atoms with Gasteiger partial charge in [-0.3, -0.25) is 0 Å². The van der Waals surface area contributed by atoms with E-state index in [1.54, 1.807) is 0 Å². The fourth-order valence-corrected chi connectivity index (χ4v) is 1.74. The highest BCUT2D eigenvalue weighted by Gasteiger charge is 2.08. The summed E-state index contributed by atoms with van der Waals surface area (Å²) in [6, 6.07) is 3.97. The van der Waals surface area contributed by atoms with Gasteiger partial charge in [0.1, 0.15) is 5.82 Å². The maximum absolute atomic E-state index is 12.6. The molecule has 60 valence electrons. The molecular formula is C6H4BrFO2S. The van der Waals surface area contributed by atoms with Crippen molar-refractivity contribution in [1.29, 1.82) is 0 Å². The molecule has 0 spiro atoms.